The summed E-state index contributed by atoms with van der Waals surface area (Å²) >= 11 is 3.20. The summed E-state index contributed by atoms with van der Waals surface area (Å²) in [6.07, 6.45) is 0.218. The number of likely N-dealkylation sites (tertiary alicyclic amines) is 1. The maximum absolute atomic E-state index is 13.6. The molecular formula is C11H11BrFNO2. The van der Waals surface area contributed by atoms with E-state index in [-0.39, 0.29) is 12.0 Å². The van der Waals surface area contributed by atoms with Crippen molar-refractivity contribution in [2.45, 2.75) is 12.0 Å². The molecular weight excluding hydrogens is 277 g/mol. The molecule has 1 amide bonds. The van der Waals surface area contributed by atoms with Crippen molar-refractivity contribution in [2.75, 3.05) is 13.6 Å². The maximum Gasteiger partial charge on any atom is 0.259 e. The standard InChI is InChI=1S/C11H11BrFNO2/c1-14-5-4-11(16,10(14)15)8-6-7(12)2-3-9(8)13/h2-3,6,16H,4-5H2,1H3. The molecule has 0 spiro atoms. The molecule has 5 heteroatoms. The first-order chi connectivity index (χ1) is 7.45. The highest BCUT2D eigenvalue weighted by Gasteiger charge is 2.46. The van der Waals surface area contributed by atoms with Gasteiger partial charge >= 0.3 is 0 Å². The Hall–Kier alpha value is -0.940. The summed E-state index contributed by atoms with van der Waals surface area (Å²) in [6, 6.07) is 4.22. The monoisotopic (exact) mass is 287 g/mol. The zero-order valence-electron chi connectivity index (χ0n) is 8.70. The van der Waals surface area contributed by atoms with E-state index in [1.54, 1.807) is 7.05 Å². The van der Waals surface area contributed by atoms with Gasteiger partial charge in [-0.25, -0.2) is 4.39 Å². The first kappa shape index (κ1) is 11.5. The second kappa shape index (κ2) is 3.82. The number of amides is 1. The molecule has 86 valence electrons. The number of carbonyl (C=O) groups excluding carboxylic acids is 1. The van der Waals surface area contributed by atoms with Gasteiger partial charge in [-0.2, -0.15) is 0 Å². The quantitative estimate of drug-likeness (QED) is 0.853. The van der Waals surface area contributed by atoms with E-state index in [0.29, 0.717) is 11.0 Å². The van der Waals surface area contributed by atoms with Gasteiger partial charge in [0.15, 0.2) is 5.60 Å². The minimum absolute atomic E-state index is 0.0382. The van der Waals surface area contributed by atoms with Crippen LogP contribution in [0.3, 0.4) is 0 Å². The van der Waals surface area contributed by atoms with E-state index in [2.05, 4.69) is 15.9 Å². The Balaban J connectivity index is 2.51. The molecule has 0 aliphatic carbocycles. The number of rotatable bonds is 1. The van der Waals surface area contributed by atoms with Gasteiger partial charge in [0, 0.05) is 30.0 Å². The van der Waals surface area contributed by atoms with E-state index in [1.165, 1.54) is 23.1 Å². The number of carbonyl (C=O) groups is 1. The van der Waals surface area contributed by atoms with E-state index >= 15 is 0 Å². The third-order valence-electron chi connectivity index (χ3n) is 2.88. The lowest BCUT2D eigenvalue weighted by Gasteiger charge is -2.21. The highest BCUT2D eigenvalue weighted by Crippen LogP contribution is 2.35. The Morgan fingerprint density at radius 1 is 1.56 bits per heavy atom. The Labute approximate surface area is 101 Å². The fourth-order valence-electron chi connectivity index (χ4n) is 1.92. The number of benzene rings is 1. The molecule has 1 N–H and O–H groups in total. The SMILES string of the molecule is CN1CCC(O)(c2cc(Br)ccc2F)C1=O. The van der Waals surface area contributed by atoms with Crippen molar-refractivity contribution in [1.29, 1.82) is 0 Å². The predicted molar refractivity (Wildman–Crippen MR) is 60.3 cm³/mol. The zero-order valence-corrected chi connectivity index (χ0v) is 10.3. The van der Waals surface area contributed by atoms with E-state index in [1.807, 2.05) is 0 Å². The van der Waals surface area contributed by atoms with Gasteiger partial charge in [0.25, 0.3) is 5.91 Å². The lowest BCUT2D eigenvalue weighted by atomic mass is 9.92. The van der Waals surface area contributed by atoms with E-state index < -0.39 is 17.3 Å². The molecule has 16 heavy (non-hydrogen) atoms. The highest BCUT2D eigenvalue weighted by molar-refractivity contribution is 9.10. The van der Waals surface area contributed by atoms with Crippen LogP contribution in [-0.4, -0.2) is 29.5 Å². The number of hydrogen-bond donors (Lipinski definition) is 1. The van der Waals surface area contributed by atoms with Crippen LogP contribution in [0.5, 0.6) is 0 Å². The normalized spacial score (nSPS) is 25.2. The fraction of sp³-hybridized carbons (Fsp3) is 0.364. The Morgan fingerprint density at radius 2 is 2.25 bits per heavy atom. The van der Waals surface area contributed by atoms with Crippen molar-refractivity contribution in [1.82, 2.24) is 4.90 Å². The number of hydrogen-bond acceptors (Lipinski definition) is 2. The van der Waals surface area contributed by atoms with Gasteiger partial charge in [0.2, 0.25) is 0 Å². The van der Waals surface area contributed by atoms with Crippen LogP contribution >= 0.6 is 15.9 Å². The molecule has 1 unspecified atom stereocenters. The lowest BCUT2D eigenvalue weighted by molar-refractivity contribution is -0.143. The van der Waals surface area contributed by atoms with Gasteiger partial charge in [-0.15, -0.1) is 0 Å². The van der Waals surface area contributed by atoms with Crippen LogP contribution in [0.1, 0.15) is 12.0 Å². The summed E-state index contributed by atoms with van der Waals surface area (Å²) in [5.74, 6) is -1.01. The van der Waals surface area contributed by atoms with Gasteiger partial charge in [-0.3, -0.25) is 4.79 Å². The van der Waals surface area contributed by atoms with Crippen LogP contribution in [0.25, 0.3) is 0 Å². The number of nitrogens with zero attached hydrogens (tertiary/aromatic N) is 1. The topological polar surface area (TPSA) is 40.5 Å². The molecule has 3 nitrogen and oxygen atoms in total. The zero-order chi connectivity index (χ0) is 11.9. The molecule has 1 aromatic carbocycles. The maximum atomic E-state index is 13.6. The Morgan fingerprint density at radius 3 is 2.81 bits per heavy atom. The smallest absolute Gasteiger partial charge is 0.259 e. The summed E-state index contributed by atoms with van der Waals surface area (Å²) in [7, 11) is 1.59. The Kier molecular flexibility index (Phi) is 2.75. The number of halogens is 2. The summed E-state index contributed by atoms with van der Waals surface area (Å²) in [4.78, 5) is 13.2. The number of aliphatic hydroxyl groups is 1. The first-order valence-corrected chi connectivity index (χ1v) is 5.68. The molecule has 1 aliphatic rings. The van der Waals surface area contributed by atoms with Gasteiger partial charge in [0.05, 0.1) is 0 Å². The molecule has 0 saturated carbocycles. The first-order valence-electron chi connectivity index (χ1n) is 4.88. The van der Waals surface area contributed by atoms with Gasteiger partial charge in [0.1, 0.15) is 5.82 Å². The predicted octanol–water partition coefficient (Wildman–Crippen LogP) is 1.64. The summed E-state index contributed by atoms with van der Waals surface area (Å²) in [5, 5.41) is 10.3. The van der Waals surface area contributed by atoms with Crippen LogP contribution in [-0.2, 0) is 10.4 Å². The molecule has 1 aromatic rings. The lowest BCUT2D eigenvalue weighted by Crippen LogP contribution is -2.36. The summed E-state index contributed by atoms with van der Waals surface area (Å²) in [5.41, 5.74) is -1.68. The van der Waals surface area contributed by atoms with E-state index in [0.717, 1.165) is 0 Å². The second-order valence-electron chi connectivity index (χ2n) is 3.96. The molecule has 0 bridgehead atoms. The van der Waals surface area contributed by atoms with Crippen LogP contribution in [0.2, 0.25) is 0 Å². The minimum atomic E-state index is -1.72. The van der Waals surface area contributed by atoms with Crippen LogP contribution in [0, 0.1) is 5.82 Å². The van der Waals surface area contributed by atoms with Gasteiger partial charge in [-0.05, 0) is 18.2 Å². The molecule has 1 atom stereocenters. The third-order valence-corrected chi connectivity index (χ3v) is 3.38. The Bertz CT molecular complexity index is 452. The van der Waals surface area contributed by atoms with Crippen molar-refractivity contribution in [3.63, 3.8) is 0 Å². The van der Waals surface area contributed by atoms with E-state index in [4.69, 9.17) is 0 Å². The number of likely N-dealkylation sites (N-methyl/N-ethyl adjacent to an activating group) is 1. The third kappa shape index (κ3) is 1.64. The van der Waals surface area contributed by atoms with Crippen molar-refractivity contribution in [2.24, 2.45) is 0 Å². The molecule has 1 aliphatic heterocycles. The highest BCUT2D eigenvalue weighted by atomic mass is 79.9. The van der Waals surface area contributed by atoms with Crippen molar-refractivity contribution < 1.29 is 14.3 Å². The minimum Gasteiger partial charge on any atom is -0.375 e. The van der Waals surface area contributed by atoms with E-state index in [9.17, 15) is 14.3 Å². The van der Waals surface area contributed by atoms with Gasteiger partial charge in [-0.1, -0.05) is 15.9 Å². The molecule has 0 radical (unpaired) electrons. The van der Waals surface area contributed by atoms with Crippen LogP contribution in [0.15, 0.2) is 22.7 Å². The fourth-order valence-corrected chi connectivity index (χ4v) is 2.28. The summed E-state index contributed by atoms with van der Waals surface area (Å²) < 4.78 is 14.3. The van der Waals surface area contributed by atoms with Gasteiger partial charge < -0.3 is 10.0 Å². The van der Waals surface area contributed by atoms with Crippen LogP contribution in [0.4, 0.5) is 4.39 Å². The van der Waals surface area contributed by atoms with Crippen molar-refractivity contribution in [3.8, 4) is 0 Å². The van der Waals surface area contributed by atoms with Crippen molar-refractivity contribution in [3.05, 3.63) is 34.1 Å². The molecule has 1 heterocycles. The average molecular weight is 288 g/mol. The molecule has 0 aromatic heterocycles. The van der Waals surface area contributed by atoms with Crippen LogP contribution < -0.4 is 0 Å². The molecule has 1 saturated heterocycles. The molecule has 2 rings (SSSR count). The van der Waals surface area contributed by atoms with Crippen molar-refractivity contribution >= 4 is 21.8 Å². The summed E-state index contributed by atoms with van der Waals surface area (Å²) in [6.45, 7) is 0.432. The largest absolute Gasteiger partial charge is 0.375 e. The molecule has 1 fully saturated rings. The average Bonchev–Trinajstić information content (AvgIpc) is 2.51. The second-order valence-corrected chi connectivity index (χ2v) is 4.88.